The molecular formula is C36H56N2O4. The van der Waals surface area contributed by atoms with E-state index >= 15 is 0 Å². The van der Waals surface area contributed by atoms with Crippen LogP contribution in [-0.2, 0) is 23.7 Å². The van der Waals surface area contributed by atoms with Crippen LogP contribution in [0.1, 0.15) is 162 Å². The summed E-state index contributed by atoms with van der Waals surface area (Å²) in [4.78, 5) is 23.8. The molecule has 0 spiro atoms. The zero-order valence-electron chi connectivity index (χ0n) is 27.1. The Morgan fingerprint density at radius 1 is 0.595 bits per heavy atom. The van der Waals surface area contributed by atoms with Gasteiger partial charge in [0.05, 0.1) is 11.1 Å². The molecule has 6 heteroatoms. The average molecular weight is 581 g/mol. The van der Waals surface area contributed by atoms with E-state index in [2.05, 4.69) is 41.5 Å². The lowest BCUT2D eigenvalue weighted by Crippen LogP contribution is -2.21. The summed E-state index contributed by atoms with van der Waals surface area (Å²) in [6.45, 7) is 13.0. The highest BCUT2D eigenvalue weighted by molar-refractivity contribution is 5.92. The fraction of sp³-hybridized carbons (Fsp3) is 0.611. The SMILES string of the molecule is CCCC(C)(C)c1ccc(C(=O)O)c(CCCCCCCCCCc2c(C(=O)O)ccc(C(C)(C)CCC)c2N)c1N. The third-order valence-electron chi connectivity index (χ3n) is 8.99. The Labute approximate surface area is 254 Å². The van der Waals surface area contributed by atoms with E-state index in [-0.39, 0.29) is 10.8 Å². The number of anilines is 2. The fourth-order valence-electron chi connectivity index (χ4n) is 6.63. The largest absolute Gasteiger partial charge is 0.478 e. The summed E-state index contributed by atoms with van der Waals surface area (Å²) >= 11 is 0. The molecule has 0 atom stereocenters. The quantitative estimate of drug-likeness (QED) is 0.0968. The Bertz CT molecular complexity index is 1110. The number of unbranched alkanes of at least 4 members (excludes halogenated alkanes) is 7. The predicted octanol–water partition coefficient (Wildman–Crippen LogP) is 9.31. The molecule has 0 unspecified atom stereocenters. The second-order valence-electron chi connectivity index (χ2n) is 13.3. The van der Waals surface area contributed by atoms with Gasteiger partial charge in [0.2, 0.25) is 0 Å². The van der Waals surface area contributed by atoms with Crippen LogP contribution in [-0.4, -0.2) is 22.2 Å². The molecule has 6 nitrogen and oxygen atoms in total. The molecule has 0 aromatic heterocycles. The van der Waals surface area contributed by atoms with Crippen molar-refractivity contribution in [1.82, 2.24) is 0 Å². The molecule has 0 heterocycles. The van der Waals surface area contributed by atoms with Gasteiger partial charge in [0.15, 0.2) is 0 Å². The lowest BCUT2D eigenvalue weighted by molar-refractivity contribution is 0.0684. The molecule has 2 rings (SSSR count). The van der Waals surface area contributed by atoms with Gasteiger partial charge < -0.3 is 21.7 Å². The molecule has 6 N–H and O–H groups in total. The minimum absolute atomic E-state index is 0.0834. The number of hydrogen-bond donors (Lipinski definition) is 4. The number of nitrogen functional groups attached to an aromatic ring is 2. The fourth-order valence-corrected chi connectivity index (χ4v) is 6.63. The molecule has 2 aromatic rings. The smallest absolute Gasteiger partial charge is 0.336 e. The molecule has 42 heavy (non-hydrogen) atoms. The number of carbonyl (C=O) groups is 2. The van der Waals surface area contributed by atoms with Crippen LogP contribution in [0.25, 0.3) is 0 Å². The molecular weight excluding hydrogens is 524 g/mol. The van der Waals surface area contributed by atoms with Gasteiger partial charge in [0.25, 0.3) is 0 Å². The zero-order valence-corrected chi connectivity index (χ0v) is 27.1. The summed E-state index contributed by atoms with van der Waals surface area (Å²) in [5.41, 5.74) is 18.6. The van der Waals surface area contributed by atoms with E-state index in [1.807, 2.05) is 12.1 Å². The first-order valence-electron chi connectivity index (χ1n) is 16.1. The number of hydrogen-bond acceptors (Lipinski definition) is 4. The van der Waals surface area contributed by atoms with Gasteiger partial charge in [-0.1, -0.05) is 105 Å². The number of rotatable bonds is 19. The maximum absolute atomic E-state index is 11.9. The Morgan fingerprint density at radius 2 is 0.905 bits per heavy atom. The van der Waals surface area contributed by atoms with Gasteiger partial charge in [0.1, 0.15) is 0 Å². The summed E-state index contributed by atoms with van der Waals surface area (Å²) in [6.07, 6.45) is 13.9. The Kier molecular flexibility index (Phi) is 13.4. The summed E-state index contributed by atoms with van der Waals surface area (Å²) in [5, 5.41) is 19.5. The maximum Gasteiger partial charge on any atom is 0.336 e. The van der Waals surface area contributed by atoms with Gasteiger partial charge in [-0.15, -0.1) is 0 Å². The van der Waals surface area contributed by atoms with Crippen molar-refractivity contribution in [3.8, 4) is 0 Å². The Hall–Kier alpha value is -3.02. The van der Waals surface area contributed by atoms with Crippen molar-refractivity contribution in [2.45, 2.75) is 142 Å². The highest BCUT2D eigenvalue weighted by Gasteiger charge is 2.27. The van der Waals surface area contributed by atoms with Crippen molar-refractivity contribution in [2.24, 2.45) is 0 Å². The lowest BCUT2D eigenvalue weighted by atomic mass is 9.78. The molecule has 0 saturated heterocycles. The highest BCUT2D eigenvalue weighted by Crippen LogP contribution is 2.37. The van der Waals surface area contributed by atoms with Crippen LogP contribution in [0, 0.1) is 0 Å². The number of carboxylic acids is 2. The van der Waals surface area contributed by atoms with Crippen molar-refractivity contribution >= 4 is 23.3 Å². The molecule has 2 aromatic carbocycles. The topological polar surface area (TPSA) is 127 Å². The van der Waals surface area contributed by atoms with Crippen LogP contribution in [0.15, 0.2) is 24.3 Å². The Balaban J connectivity index is 1.84. The molecule has 0 saturated carbocycles. The third-order valence-corrected chi connectivity index (χ3v) is 8.99. The van der Waals surface area contributed by atoms with Gasteiger partial charge >= 0.3 is 11.9 Å². The first kappa shape index (κ1) is 35.2. The van der Waals surface area contributed by atoms with Crippen LogP contribution in [0.4, 0.5) is 11.4 Å². The van der Waals surface area contributed by atoms with Crippen molar-refractivity contribution in [3.05, 3.63) is 57.6 Å². The van der Waals surface area contributed by atoms with Crippen LogP contribution in [0.3, 0.4) is 0 Å². The summed E-state index contributed by atoms with van der Waals surface area (Å²) in [6, 6.07) is 7.27. The Morgan fingerprint density at radius 3 is 1.19 bits per heavy atom. The van der Waals surface area contributed by atoms with Gasteiger partial charge in [-0.2, -0.15) is 0 Å². The van der Waals surface area contributed by atoms with Crippen molar-refractivity contribution in [1.29, 1.82) is 0 Å². The van der Waals surface area contributed by atoms with Gasteiger partial charge in [0, 0.05) is 11.4 Å². The minimum Gasteiger partial charge on any atom is -0.478 e. The molecule has 0 fully saturated rings. The summed E-state index contributed by atoms with van der Waals surface area (Å²) < 4.78 is 0. The molecule has 0 aliphatic rings. The van der Waals surface area contributed by atoms with Crippen LogP contribution in [0.5, 0.6) is 0 Å². The highest BCUT2D eigenvalue weighted by atomic mass is 16.4. The maximum atomic E-state index is 11.9. The lowest BCUT2D eigenvalue weighted by Gasteiger charge is -2.28. The normalized spacial score (nSPS) is 12.0. The first-order chi connectivity index (χ1) is 19.8. The van der Waals surface area contributed by atoms with Crippen molar-refractivity contribution in [2.75, 3.05) is 11.5 Å². The molecule has 0 aliphatic heterocycles. The zero-order chi connectivity index (χ0) is 31.5. The second kappa shape index (κ2) is 16.0. The predicted molar refractivity (Wildman–Crippen MR) is 176 cm³/mol. The van der Waals surface area contributed by atoms with Crippen molar-refractivity contribution in [3.63, 3.8) is 0 Å². The van der Waals surface area contributed by atoms with E-state index in [1.54, 1.807) is 12.1 Å². The number of aromatic carboxylic acids is 2. The minimum atomic E-state index is -0.912. The van der Waals surface area contributed by atoms with E-state index in [4.69, 9.17) is 11.5 Å². The molecule has 0 amide bonds. The summed E-state index contributed by atoms with van der Waals surface area (Å²) in [7, 11) is 0. The number of nitrogens with two attached hydrogens (primary N) is 2. The van der Waals surface area contributed by atoms with Crippen LogP contribution < -0.4 is 11.5 Å². The number of benzene rings is 2. The van der Waals surface area contributed by atoms with Gasteiger partial charge in [-0.25, -0.2) is 9.59 Å². The monoisotopic (exact) mass is 580 g/mol. The van der Waals surface area contributed by atoms with Gasteiger partial charge in [-0.05, 0) is 83.7 Å². The van der Waals surface area contributed by atoms with E-state index in [0.717, 1.165) is 99.3 Å². The third kappa shape index (κ3) is 9.24. The first-order valence-corrected chi connectivity index (χ1v) is 16.1. The molecule has 0 bridgehead atoms. The van der Waals surface area contributed by atoms with Crippen molar-refractivity contribution < 1.29 is 19.8 Å². The van der Waals surface area contributed by atoms with E-state index < -0.39 is 11.9 Å². The van der Waals surface area contributed by atoms with E-state index in [9.17, 15) is 19.8 Å². The van der Waals surface area contributed by atoms with Crippen LogP contribution >= 0.6 is 0 Å². The second-order valence-corrected chi connectivity index (χ2v) is 13.3. The standard InChI is InChI=1S/C36H56N2O4/c1-7-23-35(3,4)29-21-19-27(33(39)40)25(31(29)37)17-15-13-11-9-10-12-14-16-18-26-28(34(41)42)20-22-30(32(26)38)36(5,6)24-8-2/h19-22H,7-18,23-24,37-38H2,1-6H3,(H,39,40)(H,41,42). The summed E-state index contributed by atoms with van der Waals surface area (Å²) in [5.74, 6) is -1.82. The van der Waals surface area contributed by atoms with Crippen LogP contribution in [0.2, 0.25) is 0 Å². The van der Waals surface area contributed by atoms with E-state index in [1.165, 1.54) is 0 Å². The average Bonchev–Trinajstić information content (AvgIpc) is 2.90. The molecule has 0 radical (unpaired) electrons. The number of carboxylic acid groups (broad SMARTS) is 2. The van der Waals surface area contributed by atoms with E-state index in [0.29, 0.717) is 35.3 Å². The van der Waals surface area contributed by atoms with Gasteiger partial charge in [-0.3, -0.25) is 0 Å². The molecule has 0 aliphatic carbocycles. The molecule has 234 valence electrons.